The predicted molar refractivity (Wildman–Crippen MR) is 156 cm³/mol. The molecule has 40 heavy (non-hydrogen) atoms. The van der Waals surface area contributed by atoms with E-state index in [1.54, 1.807) is 0 Å². The molecule has 0 radical (unpaired) electrons. The second-order valence-electron chi connectivity index (χ2n) is 9.49. The summed E-state index contributed by atoms with van der Waals surface area (Å²) in [5, 5.41) is 5.59. The summed E-state index contributed by atoms with van der Waals surface area (Å²) in [4.78, 5) is 38.6. The van der Waals surface area contributed by atoms with Crippen LogP contribution in [0.2, 0.25) is 0 Å². The van der Waals surface area contributed by atoms with E-state index < -0.39 is 12.1 Å². The van der Waals surface area contributed by atoms with Crippen molar-refractivity contribution in [2.24, 2.45) is 0 Å². The third kappa shape index (κ3) is 6.63. The zero-order valence-corrected chi connectivity index (χ0v) is 21.8. The van der Waals surface area contributed by atoms with Gasteiger partial charge >= 0.3 is 6.09 Å². The third-order valence-corrected chi connectivity index (χ3v) is 6.77. The van der Waals surface area contributed by atoms with Crippen LogP contribution in [-0.2, 0) is 33.9 Å². The smallest absolute Gasteiger partial charge is 0.411 e. The van der Waals surface area contributed by atoms with Gasteiger partial charge in [0.05, 0.1) is 6.54 Å². The number of hydrogen-bond acceptors (Lipinski definition) is 4. The van der Waals surface area contributed by atoms with Gasteiger partial charge < -0.3 is 15.4 Å². The molecule has 2 N–H and O–H groups in total. The molecule has 1 aliphatic heterocycles. The number of ether oxygens (including phenoxy) is 1. The maximum Gasteiger partial charge on any atom is 0.411 e. The van der Waals surface area contributed by atoms with Gasteiger partial charge in [-0.2, -0.15) is 0 Å². The van der Waals surface area contributed by atoms with Gasteiger partial charge in [0, 0.05) is 17.8 Å². The summed E-state index contributed by atoms with van der Waals surface area (Å²) >= 11 is 0. The maximum atomic E-state index is 13.4. The van der Waals surface area contributed by atoms with Gasteiger partial charge in [-0.3, -0.25) is 14.5 Å². The first-order valence-corrected chi connectivity index (χ1v) is 13.0. The van der Waals surface area contributed by atoms with Crippen LogP contribution < -0.4 is 10.6 Å². The van der Waals surface area contributed by atoms with Crippen LogP contribution in [0.25, 0.3) is 12.2 Å². The fourth-order valence-corrected chi connectivity index (χ4v) is 4.61. The molecule has 7 heteroatoms. The molecule has 0 aliphatic carbocycles. The molecule has 0 aromatic heterocycles. The van der Waals surface area contributed by atoms with Crippen molar-refractivity contribution in [1.29, 1.82) is 0 Å². The van der Waals surface area contributed by atoms with Crippen molar-refractivity contribution in [2.45, 2.75) is 25.6 Å². The molecular formula is C33H29N3O4. The number of nitrogens with one attached hydrogen (secondary N) is 2. The van der Waals surface area contributed by atoms with Gasteiger partial charge in [0.1, 0.15) is 12.6 Å². The van der Waals surface area contributed by atoms with E-state index in [9.17, 15) is 14.4 Å². The van der Waals surface area contributed by atoms with E-state index in [1.165, 1.54) is 4.90 Å². The zero-order valence-electron chi connectivity index (χ0n) is 21.8. The van der Waals surface area contributed by atoms with Gasteiger partial charge in [-0.1, -0.05) is 91.0 Å². The number of anilines is 2. The molecular weight excluding hydrogens is 502 g/mol. The van der Waals surface area contributed by atoms with Gasteiger partial charge in [-0.15, -0.1) is 0 Å². The summed E-state index contributed by atoms with van der Waals surface area (Å²) < 4.78 is 5.59. The highest BCUT2D eigenvalue weighted by molar-refractivity contribution is 5.97. The maximum absolute atomic E-state index is 13.4. The van der Waals surface area contributed by atoms with Crippen LogP contribution >= 0.6 is 0 Å². The number of hydrogen-bond donors (Lipinski definition) is 2. The summed E-state index contributed by atoms with van der Waals surface area (Å²) in [5.74, 6) is -0.265. The molecule has 5 rings (SSSR count). The standard InChI is InChI=1S/C33H29N3O4/c37-23-34-29-16-12-24(13-17-29)10-11-25-14-18-30(19-15-25)35-32(38)31-20-27-8-4-5-9-28(27)21-36(31)33(39)40-22-26-6-2-1-3-7-26/h1-19,23,31H,20-22H2,(H,34,37)(H,35,38)/b11-10+/t31-/m0/s1. The van der Waals surface area contributed by atoms with Crippen molar-refractivity contribution < 1.29 is 19.1 Å². The first-order valence-electron chi connectivity index (χ1n) is 13.0. The fourth-order valence-electron chi connectivity index (χ4n) is 4.61. The van der Waals surface area contributed by atoms with E-state index in [0.717, 1.165) is 33.5 Å². The summed E-state index contributed by atoms with van der Waals surface area (Å²) in [5.41, 5.74) is 6.27. The van der Waals surface area contributed by atoms with Crippen molar-refractivity contribution in [3.63, 3.8) is 0 Å². The SMILES string of the molecule is O=CNc1ccc(/C=C/c2ccc(NC(=O)[C@@H]3Cc4ccccc4CN3C(=O)OCc3ccccc3)cc2)cc1. The summed E-state index contributed by atoms with van der Waals surface area (Å²) in [7, 11) is 0. The lowest BCUT2D eigenvalue weighted by Gasteiger charge is -2.35. The van der Waals surface area contributed by atoms with Crippen molar-refractivity contribution in [2.75, 3.05) is 10.6 Å². The second-order valence-corrected chi connectivity index (χ2v) is 9.49. The first-order chi connectivity index (χ1) is 19.6. The molecule has 0 bridgehead atoms. The van der Waals surface area contributed by atoms with Crippen molar-refractivity contribution in [3.05, 3.63) is 131 Å². The van der Waals surface area contributed by atoms with Gasteiger partial charge in [-0.25, -0.2) is 4.79 Å². The van der Waals surface area contributed by atoms with Crippen LogP contribution in [0.4, 0.5) is 16.2 Å². The quantitative estimate of drug-likeness (QED) is 0.212. The van der Waals surface area contributed by atoms with Crippen LogP contribution in [0.15, 0.2) is 103 Å². The van der Waals surface area contributed by atoms with Crippen LogP contribution in [0.3, 0.4) is 0 Å². The molecule has 1 aliphatic rings. The average Bonchev–Trinajstić information content (AvgIpc) is 3.00. The number of rotatable bonds is 8. The molecule has 0 saturated carbocycles. The average molecular weight is 532 g/mol. The highest BCUT2D eigenvalue weighted by atomic mass is 16.6. The van der Waals surface area contributed by atoms with Crippen LogP contribution in [0.5, 0.6) is 0 Å². The third-order valence-electron chi connectivity index (χ3n) is 6.77. The fraction of sp³-hybridized carbons (Fsp3) is 0.121. The highest BCUT2D eigenvalue weighted by Gasteiger charge is 2.35. The lowest BCUT2D eigenvalue weighted by molar-refractivity contribution is -0.121. The Labute approximate surface area is 233 Å². The van der Waals surface area contributed by atoms with E-state index in [2.05, 4.69) is 10.6 Å². The Morgan fingerprint density at radius 1 is 0.775 bits per heavy atom. The normalized spacial score (nSPS) is 14.3. The van der Waals surface area contributed by atoms with E-state index in [0.29, 0.717) is 25.1 Å². The molecule has 0 spiro atoms. The van der Waals surface area contributed by atoms with E-state index in [1.807, 2.05) is 115 Å². The Morgan fingerprint density at radius 2 is 1.38 bits per heavy atom. The van der Waals surface area contributed by atoms with E-state index in [4.69, 9.17) is 4.74 Å². The van der Waals surface area contributed by atoms with Crippen LogP contribution in [0, 0.1) is 0 Å². The molecule has 0 unspecified atom stereocenters. The minimum atomic E-state index is -0.700. The van der Waals surface area contributed by atoms with Gasteiger partial charge in [0.2, 0.25) is 12.3 Å². The van der Waals surface area contributed by atoms with Crippen molar-refractivity contribution in [1.82, 2.24) is 4.90 Å². The monoisotopic (exact) mass is 531 g/mol. The predicted octanol–water partition coefficient (Wildman–Crippen LogP) is 6.13. The Morgan fingerprint density at radius 3 is 2.02 bits per heavy atom. The molecule has 1 atom stereocenters. The number of carbonyl (C=O) groups is 3. The molecule has 4 aromatic carbocycles. The molecule has 0 saturated heterocycles. The van der Waals surface area contributed by atoms with E-state index in [-0.39, 0.29) is 12.5 Å². The minimum absolute atomic E-state index is 0.140. The second kappa shape index (κ2) is 12.6. The largest absolute Gasteiger partial charge is 0.445 e. The van der Waals surface area contributed by atoms with E-state index >= 15 is 0 Å². The number of carbonyl (C=O) groups excluding carboxylic acids is 3. The lowest BCUT2D eigenvalue weighted by Crippen LogP contribution is -2.50. The molecule has 7 nitrogen and oxygen atoms in total. The van der Waals surface area contributed by atoms with Crippen LogP contribution in [0.1, 0.15) is 27.8 Å². The lowest BCUT2D eigenvalue weighted by atomic mass is 9.94. The molecule has 3 amide bonds. The van der Waals surface area contributed by atoms with Gasteiger partial charge in [-0.05, 0) is 52.1 Å². The number of amides is 3. The highest BCUT2D eigenvalue weighted by Crippen LogP contribution is 2.26. The molecule has 1 heterocycles. The summed E-state index contributed by atoms with van der Waals surface area (Å²) in [6.45, 7) is 0.443. The Bertz CT molecular complexity index is 1500. The molecule has 0 fully saturated rings. The van der Waals surface area contributed by atoms with Gasteiger partial charge in [0.25, 0.3) is 0 Å². The number of nitrogens with zero attached hydrogens (tertiary/aromatic N) is 1. The van der Waals surface area contributed by atoms with Crippen molar-refractivity contribution in [3.8, 4) is 0 Å². The van der Waals surface area contributed by atoms with Crippen molar-refractivity contribution >= 4 is 41.9 Å². The Kier molecular flexibility index (Phi) is 8.32. The summed E-state index contributed by atoms with van der Waals surface area (Å²) in [6.07, 6.45) is 4.47. The minimum Gasteiger partial charge on any atom is -0.445 e. The Balaban J connectivity index is 1.25. The zero-order chi connectivity index (χ0) is 27.7. The summed E-state index contributed by atoms with van der Waals surface area (Å²) in [6, 6.07) is 31.6. The molecule has 200 valence electrons. The topological polar surface area (TPSA) is 87.7 Å². The van der Waals surface area contributed by atoms with Gasteiger partial charge in [0.15, 0.2) is 0 Å². The Hall–Kier alpha value is -5.17. The molecule has 4 aromatic rings. The number of fused-ring (bicyclic) bond motifs is 1. The van der Waals surface area contributed by atoms with Crippen LogP contribution in [-0.4, -0.2) is 29.4 Å². The first kappa shape index (κ1) is 26.4. The number of benzene rings is 4.